The Morgan fingerprint density at radius 3 is 2.73 bits per heavy atom. The molecule has 1 heterocycles. The van der Waals surface area contributed by atoms with Crippen molar-refractivity contribution in [2.75, 3.05) is 13.1 Å². The molecule has 3 atom stereocenters. The van der Waals surface area contributed by atoms with E-state index in [0.29, 0.717) is 12.3 Å². The van der Waals surface area contributed by atoms with Crippen LogP contribution in [0.5, 0.6) is 0 Å². The molecule has 0 spiro atoms. The van der Waals surface area contributed by atoms with Gasteiger partial charge in [0.25, 0.3) is 0 Å². The predicted octanol–water partition coefficient (Wildman–Crippen LogP) is 1.37. The average Bonchev–Trinajstić information content (AvgIpc) is 2.49. The lowest BCUT2D eigenvalue weighted by molar-refractivity contribution is -0.128. The van der Waals surface area contributed by atoms with Gasteiger partial charge in [0.1, 0.15) is 0 Å². The van der Waals surface area contributed by atoms with Crippen molar-refractivity contribution in [2.45, 2.75) is 45.1 Å². The molecule has 86 valence electrons. The highest BCUT2D eigenvalue weighted by Gasteiger charge is 2.31. The van der Waals surface area contributed by atoms with Crippen molar-refractivity contribution >= 4 is 5.91 Å². The van der Waals surface area contributed by atoms with Gasteiger partial charge in [-0.25, -0.2) is 0 Å². The molecule has 2 fully saturated rings. The first-order chi connectivity index (χ1) is 7.16. The summed E-state index contributed by atoms with van der Waals surface area (Å²) in [4.78, 5) is 13.6. The van der Waals surface area contributed by atoms with E-state index < -0.39 is 0 Å². The third-order valence-corrected chi connectivity index (χ3v) is 3.99. The van der Waals surface area contributed by atoms with E-state index in [0.717, 1.165) is 19.0 Å². The zero-order valence-electron chi connectivity index (χ0n) is 9.61. The van der Waals surface area contributed by atoms with Crippen LogP contribution in [-0.4, -0.2) is 29.9 Å². The molecule has 1 aliphatic heterocycles. The highest BCUT2D eigenvalue weighted by molar-refractivity contribution is 5.79. The number of amides is 1. The number of nitrogens with two attached hydrogens (primary N) is 1. The molecule has 0 aromatic heterocycles. The fourth-order valence-corrected chi connectivity index (χ4v) is 2.93. The largest absolute Gasteiger partial charge is 0.341 e. The van der Waals surface area contributed by atoms with Gasteiger partial charge in [-0.3, -0.25) is 4.79 Å². The Kier molecular flexibility index (Phi) is 3.29. The Balaban J connectivity index is 1.87. The molecule has 2 N–H and O–H groups in total. The van der Waals surface area contributed by atoms with Crippen LogP contribution in [0.25, 0.3) is 0 Å². The Hall–Kier alpha value is -0.570. The number of nitrogens with zero attached hydrogens (tertiary/aromatic N) is 1. The van der Waals surface area contributed by atoms with Crippen LogP contribution in [-0.2, 0) is 4.79 Å². The molecule has 2 aliphatic rings. The van der Waals surface area contributed by atoms with Crippen molar-refractivity contribution in [3.8, 4) is 0 Å². The second-order valence-electron chi connectivity index (χ2n) is 5.28. The topological polar surface area (TPSA) is 46.3 Å². The summed E-state index contributed by atoms with van der Waals surface area (Å²) in [5, 5.41) is 0. The van der Waals surface area contributed by atoms with Crippen molar-refractivity contribution in [1.82, 2.24) is 4.90 Å². The summed E-state index contributed by atoms with van der Waals surface area (Å²) in [5.41, 5.74) is 5.79. The minimum Gasteiger partial charge on any atom is -0.341 e. The lowest BCUT2D eigenvalue weighted by atomic mass is 9.80. The summed E-state index contributed by atoms with van der Waals surface area (Å²) in [7, 11) is 0. The SMILES string of the molecule is CC1CCCCC1CN1CC(N)CC1=O. The molecule has 0 aromatic carbocycles. The van der Waals surface area contributed by atoms with Crippen molar-refractivity contribution in [3.05, 3.63) is 0 Å². The molecular formula is C12H22N2O. The summed E-state index contributed by atoms with van der Waals surface area (Å²) in [6, 6.07) is 0.0800. The summed E-state index contributed by atoms with van der Waals surface area (Å²) in [6.07, 6.45) is 5.88. The fraction of sp³-hybridized carbons (Fsp3) is 0.917. The van der Waals surface area contributed by atoms with Crippen LogP contribution in [0.1, 0.15) is 39.0 Å². The third kappa shape index (κ3) is 2.51. The van der Waals surface area contributed by atoms with Gasteiger partial charge in [0, 0.05) is 25.6 Å². The molecule has 0 radical (unpaired) electrons. The van der Waals surface area contributed by atoms with E-state index in [1.54, 1.807) is 0 Å². The monoisotopic (exact) mass is 210 g/mol. The van der Waals surface area contributed by atoms with Crippen LogP contribution in [0, 0.1) is 11.8 Å². The first-order valence-electron chi connectivity index (χ1n) is 6.20. The Morgan fingerprint density at radius 2 is 2.13 bits per heavy atom. The van der Waals surface area contributed by atoms with Gasteiger partial charge in [0.05, 0.1) is 0 Å². The second-order valence-corrected chi connectivity index (χ2v) is 5.28. The zero-order chi connectivity index (χ0) is 10.8. The number of carbonyl (C=O) groups is 1. The molecule has 15 heavy (non-hydrogen) atoms. The smallest absolute Gasteiger partial charge is 0.224 e. The van der Waals surface area contributed by atoms with Gasteiger partial charge in [-0.1, -0.05) is 26.2 Å². The van der Waals surface area contributed by atoms with Crippen LogP contribution in [0.2, 0.25) is 0 Å². The molecule has 1 amide bonds. The molecule has 3 heteroatoms. The molecule has 3 unspecified atom stereocenters. The number of hydrogen-bond acceptors (Lipinski definition) is 2. The maximum atomic E-state index is 11.6. The van der Waals surface area contributed by atoms with E-state index >= 15 is 0 Å². The maximum Gasteiger partial charge on any atom is 0.224 e. The van der Waals surface area contributed by atoms with E-state index in [-0.39, 0.29) is 11.9 Å². The van der Waals surface area contributed by atoms with E-state index in [2.05, 4.69) is 6.92 Å². The van der Waals surface area contributed by atoms with Crippen molar-refractivity contribution < 1.29 is 4.79 Å². The molecule has 1 saturated heterocycles. The third-order valence-electron chi connectivity index (χ3n) is 3.99. The zero-order valence-corrected chi connectivity index (χ0v) is 9.61. The van der Waals surface area contributed by atoms with Crippen molar-refractivity contribution in [3.63, 3.8) is 0 Å². The van der Waals surface area contributed by atoms with Gasteiger partial charge in [-0.15, -0.1) is 0 Å². The number of likely N-dealkylation sites (tertiary alicyclic amines) is 1. The Bertz CT molecular complexity index is 242. The molecule has 3 nitrogen and oxygen atoms in total. The van der Waals surface area contributed by atoms with Gasteiger partial charge < -0.3 is 10.6 Å². The molecule has 1 aliphatic carbocycles. The van der Waals surface area contributed by atoms with Gasteiger partial charge in [-0.2, -0.15) is 0 Å². The van der Waals surface area contributed by atoms with Crippen LogP contribution < -0.4 is 5.73 Å². The predicted molar refractivity (Wildman–Crippen MR) is 60.3 cm³/mol. The first kappa shape index (κ1) is 10.9. The second kappa shape index (κ2) is 4.52. The summed E-state index contributed by atoms with van der Waals surface area (Å²) in [6.45, 7) is 4.06. The minimum absolute atomic E-state index is 0.0800. The summed E-state index contributed by atoms with van der Waals surface area (Å²) < 4.78 is 0. The summed E-state index contributed by atoms with van der Waals surface area (Å²) >= 11 is 0. The molecule has 1 saturated carbocycles. The quantitative estimate of drug-likeness (QED) is 0.748. The van der Waals surface area contributed by atoms with Crippen molar-refractivity contribution in [1.29, 1.82) is 0 Å². The van der Waals surface area contributed by atoms with Crippen LogP contribution in [0.15, 0.2) is 0 Å². The molecule has 0 aromatic rings. The van der Waals surface area contributed by atoms with E-state index in [1.165, 1.54) is 25.7 Å². The molecule has 0 bridgehead atoms. The van der Waals surface area contributed by atoms with Crippen molar-refractivity contribution in [2.24, 2.45) is 17.6 Å². The van der Waals surface area contributed by atoms with Gasteiger partial charge in [0.2, 0.25) is 5.91 Å². The number of hydrogen-bond donors (Lipinski definition) is 1. The van der Waals surface area contributed by atoms with Gasteiger partial charge in [-0.05, 0) is 18.3 Å². The van der Waals surface area contributed by atoms with Crippen LogP contribution >= 0.6 is 0 Å². The number of carbonyl (C=O) groups excluding carboxylic acids is 1. The van der Waals surface area contributed by atoms with E-state index in [9.17, 15) is 4.79 Å². The lowest BCUT2D eigenvalue weighted by Gasteiger charge is -2.32. The first-order valence-corrected chi connectivity index (χ1v) is 6.20. The Morgan fingerprint density at radius 1 is 1.40 bits per heavy atom. The normalized spacial score (nSPS) is 37.3. The lowest BCUT2D eigenvalue weighted by Crippen LogP contribution is -2.36. The standard InChI is InChI=1S/C12H22N2O/c1-9-4-2-3-5-10(9)7-14-8-11(13)6-12(14)15/h9-11H,2-8,13H2,1H3. The van der Waals surface area contributed by atoms with Gasteiger partial charge in [0.15, 0.2) is 0 Å². The Labute approximate surface area is 92.0 Å². The number of rotatable bonds is 2. The van der Waals surface area contributed by atoms with E-state index in [4.69, 9.17) is 5.73 Å². The summed E-state index contributed by atoms with van der Waals surface area (Å²) in [5.74, 6) is 1.76. The van der Waals surface area contributed by atoms with E-state index in [1.807, 2.05) is 4.90 Å². The van der Waals surface area contributed by atoms with Gasteiger partial charge >= 0.3 is 0 Å². The average molecular weight is 210 g/mol. The highest BCUT2D eigenvalue weighted by atomic mass is 16.2. The fourth-order valence-electron chi connectivity index (χ4n) is 2.93. The maximum absolute atomic E-state index is 11.6. The van der Waals surface area contributed by atoms with Crippen LogP contribution in [0.3, 0.4) is 0 Å². The minimum atomic E-state index is 0.0800. The molecular weight excluding hydrogens is 188 g/mol. The highest BCUT2D eigenvalue weighted by Crippen LogP contribution is 2.30. The van der Waals surface area contributed by atoms with Crippen LogP contribution in [0.4, 0.5) is 0 Å². The molecule has 2 rings (SSSR count).